The highest BCUT2D eigenvalue weighted by molar-refractivity contribution is 5.93. The summed E-state index contributed by atoms with van der Waals surface area (Å²) in [7, 11) is 0. The van der Waals surface area contributed by atoms with Gasteiger partial charge in [-0.2, -0.15) is 5.10 Å². The van der Waals surface area contributed by atoms with Gasteiger partial charge in [0.2, 0.25) is 0 Å². The van der Waals surface area contributed by atoms with Crippen LogP contribution in [0.2, 0.25) is 0 Å². The van der Waals surface area contributed by atoms with Crippen LogP contribution in [0.3, 0.4) is 0 Å². The standard InChI is InChI=1S/C19H23N5O2/c1-19(2,3)17(11-24-9-8-20-12-24)21-18(26)16-10-15(22-23-16)13-4-6-14(25)7-5-13/h4-10,12,17,25H,11H2,1-3H3,(H,21,26)(H,22,23)/t17-/m1/s1. The van der Waals surface area contributed by atoms with E-state index in [1.165, 1.54) is 0 Å². The zero-order valence-electron chi connectivity index (χ0n) is 15.1. The van der Waals surface area contributed by atoms with E-state index in [1.807, 2.05) is 10.8 Å². The number of aromatic hydroxyl groups is 1. The van der Waals surface area contributed by atoms with Crippen LogP contribution in [0.1, 0.15) is 31.3 Å². The lowest BCUT2D eigenvalue weighted by atomic mass is 9.86. The van der Waals surface area contributed by atoms with Crippen molar-refractivity contribution < 1.29 is 9.90 Å². The number of hydrogen-bond donors (Lipinski definition) is 3. The van der Waals surface area contributed by atoms with Crippen LogP contribution in [0, 0.1) is 5.41 Å². The molecule has 0 spiro atoms. The van der Waals surface area contributed by atoms with Crippen molar-refractivity contribution in [3.8, 4) is 17.0 Å². The molecule has 0 aliphatic heterocycles. The first kappa shape index (κ1) is 17.7. The molecule has 7 heteroatoms. The number of aromatic amines is 1. The van der Waals surface area contributed by atoms with Crippen LogP contribution in [0.25, 0.3) is 11.3 Å². The molecule has 26 heavy (non-hydrogen) atoms. The predicted molar refractivity (Wildman–Crippen MR) is 98.6 cm³/mol. The Kier molecular flexibility index (Phi) is 4.79. The number of amides is 1. The molecular weight excluding hydrogens is 330 g/mol. The maximum Gasteiger partial charge on any atom is 0.269 e. The number of phenols is 1. The number of benzene rings is 1. The Bertz CT molecular complexity index is 860. The Labute approximate surface area is 152 Å². The van der Waals surface area contributed by atoms with Gasteiger partial charge in [-0.1, -0.05) is 20.8 Å². The third kappa shape index (κ3) is 4.11. The van der Waals surface area contributed by atoms with Crippen LogP contribution in [0.5, 0.6) is 5.75 Å². The highest BCUT2D eigenvalue weighted by Crippen LogP contribution is 2.23. The lowest BCUT2D eigenvalue weighted by molar-refractivity contribution is 0.0887. The van der Waals surface area contributed by atoms with Gasteiger partial charge in [0.15, 0.2) is 0 Å². The third-order valence-corrected chi connectivity index (χ3v) is 4.29. The van der Waals surface area contributed by atoms with Crippen molar-refractivity contribution in [2.75, 3.05) is 0 Å². The summed E-state index contributed by atoms with van der Waals surface area (Å²) in [5, 5.41) is 19.5. The molecule has 0 saturated carbocycles. The second kappa shape index (κ2) is 7.03. The van der Waals surface area contributed by atoms with Gasteiger partial charge in [-0.15, -0.1) is 0 Å². The van der Waals surface area contributed by atoms with Crippen LogP contribution in [0.4, 0.5) is 0 Å². The highest BCUT2D eigenvalue weighted by atomic mass is 16.3. The van der Waals surface area contributed by atoms with Crippen molar-refractivity contribution in [1.29, 1.82) is 0 Å². The largest absolute Gasteiger partial charge is 0.508 e. The number of carbonyl (C=O) groups excluding carboxylic acids is 1. The van der Waals surface area contributed by atoms with Gasteiger partial charge in [-0.05, 0) is 35.7 Å². The Morgan fingerprint density at radius 2 is 2.04 bits per heavy atom. The zero-order valence-corrected chi connectivity index (χ0v) is 15.1. The van der Waals surface area contributed by atoms with Gasteiger partial charge in [-0.3, -0.25) is 9.89 Å². The number of aromatic nitrogens is 4. The number of hydrogen-bond acceptors (Lipinski definition) is 4. The van der Waals surface area contributed by atoms with Gasteiger partial charge < -0.3 is 15.0 Å². The smallest absolute Gasteiger partial charge is 0.269 e. The first-order valence-corrected chi connectivity index (χ1v) is 8.44. The summed E-state index contributed by atoms with van der Waals surface area (Å²) in [5.74, 6) is -0.0164. The topological polar surface area (TPSA) is 95.8 Å². The van der Waals surface area contributed by atoms with Gasteiger partial charge in [-0.25, -0.2) is 4.98 Å². The van der Waals surface area contributed by atoms with E-state index in [9.17, 15) is 9.90 Å². The molecule has 7 nitrogen and oxygen atoms in total. The minimum atomic E-state index is -0.206. The van der Waals surface area contributed by atoms with E-state index in [4.69, 9.17) is 0 Å². The number of H-pyrrole nitrogens is 1. The quantitative estimate of drug-likeness (QED) is 0.657. The van der Waals surface area contributed by atoms with Crippen molar-refractivity contribution >= 4 is 5.91 Å². The zero-order chi connectivity index (χ0) is 18.7. The van der Waals surface area contributed by atoms with Crippen LogP contribution in [-0.4, -0.2) is 36.8 Å². The summed E-state index contributed by atoms with van der Waals surface area (Å²) in [6.07, 6.45) is 5.34. The maximum absolute atomic E-state index is 12.7. The van der Waals surface area contributed by atoms with E-state index in [0.717, 1.165) is 5.56 Å². The Balaban J connectivity index is 1.74. The van der Waals surface area contributed by atoms with Crippen molar-refractivity contribution in [3.05, 3.63) is 54.7 Å². The van der Waals surface area contributed by atoms with E-state index in [0.29, 0.717) is 17.9 Å². The van der Waals surface area contributed by atoms with Crippen LogP contribution in [0.15, 0.2) is 49.1 Å². The fraction of sp³-hybridized carbons (Fsp3) is 0.316. The summed E-state index contributed by atoms with van der Waals surface area (Å²) in [5.41, 5.74) is 1.74. The van der Waals surface area contributed by atoms with Crippen molar-refractivity contribution in [2.45, 2.75) is 33.4 Å². The lowest BCUT2D eigenvalue weighted by Gasteiger charge is -2.31. The number of nitrogens with one attached hydrogen (secondary N) is 2. The number of imidazole rings is 1. The van der Waals surface area contributed by atoms with Crippen molar-refractivity contribution in [2.24, 2.45) is 5.41 Å². The molecule has 2 aromatic heterocycles. The lowest BCUT2D eigenvalue weighted by Crippen LogP contribution is -2.46. The van der Waals surface area contributed by atoms with Crippen LogP contribution in [-0.2, 0) is 6.54 Å². The molecule has 0 aliphatic carbocycles. The van der Waals surface area contributed by atoms with E-state index >= 15 is 0 Å². The molecule has 1 atom stereocenters. The first-order valence-electron chi connectivity index (χ1n) is 8.44. The van der Waals surface area contributed by atoms with E-state index in [2.05, 4.69) is 41.3 Å². The van der Waals surface area contributed by atoms with E-state index in [1.54, 1.807) is 42.9 Å². The molecule has 0 bridgehead atoms. The first-order chi connectivity index (χ1) is 12.3. The maximum atomic E-state index is 12.7. The molecule has 3 N–H and O–H groups in total. The Hall–Kier alpha value is -3.09. The molecule has 136 valence electrons. The number of carbonyl (C=O) groups is 1. The molecule has 0 radical (unpaired) electrons. The Morgan fingerprint density at radius 3 is 2.65 bits per heavy atom. The average molecular weight is 353 g/mol. The monoisotopic (exact) mass is 353 g/mol. The number of rotatable bonds is 5. The fourth-order valence-electron chi connectivity index (χ4n) is 2.60. The SMILES string of the molecule is CC(C)(C)[C@@H](Cn1ccnc1)NC(=O)c1cc(-c2ccc(O)cc2)n[nH]1. The minimum absolute atomic E-state index is 0.0791. The second-order valence-electron chi connectivity index (χ2n) is 7.37. The molecule has 0 fully saturated rings. The van der Waals surface area contributed by atoms with E-state index < -0.39 is 0 Å². The molecular formula is C19H23N5O2. The number of phenolic OH excluding ortho intramolecular Hbond substituents is 1. The summed E-state index contributed by atoms with van der Waals surface area (Å²) in [4.78, 5) is 16.7. The Morgan fingerprint density at radius 1 is 1.31 bits per heavy atom. The molecule has 0 aliphatic rings. The van der Waals surface area contributed by atoms with Gasteiger partial charge in [0.05, 0.1) is 18.1 Å². The molecule has 0 unspecified atom stereocenters. The predicted octanol–water partition coefficient (Wildman–Crippen LogP) is 2.82. The molecule has 0 saturated heterocycles. The highest BCUT2D eigenvalue weighted by Gasteiger charge is 2.27. The summed E-state index contributed by atoms with van der Waals surface area (Å²) in [6.45, 7) is 6.89. The van der Waals surface area contributed by atoms with Gasteiger partial charge in [0.25, 0.3) is 5.91 Å². The summed E-state index contributed by atoms with van der Waals surface area (Å²) < 4.78 is 1.95. The van der Waals surface area contributed by atoms with Crippen molar-refractivity contribution in [3.63, 3.8) is 0 Å². The van der Waals surface area contributed by atoms with Crippen molar-refractivity contribution in [1.82, 2.24) is 25.1 Å². The fourth-order valence-corrected chi connectivity index (χ4v) is 2.60. The van der Waals surface area contributed by atoms with E-state index in [-0.39, 0.29) is 23.1 Å². The number of nitrogens with zero attached hydrogens (tertiary/aromatic N) is 3. The van der Waals surface area contributed by atoms with Gasteiger partial charge in [0, 0.05) is 24.5 Å². The minimum Gasteiger partial charge on any atom is -0.508 e. The van der Waals surface area contributed by atoms with Crippen LogP contribution >= 0.6 is 0 Å². The molecule has 3 aromatic rings. The molecule has 2 heterocycles. The second-order valence-corrected chi connectivity index (χ2v) is 7.37. The summed E-state index contributed by atoms with van der Waals surface area (Å²) in [6, 6.07) is 8.31. The summed E-state index contributed by atoms with van der Waals surface area (Å²) >= 11 is 0. The molecule has 3 rings (SSSR count). The van der Waals surface area contributed by atoms with Gasteiger partial charge in [0.1, 0.15) is 11.4 Å². The average Bonchev–Trinajstić information content (AvgIpc) is 3.25. The normalized spacial score (nSPS) is 12.7. The third-order valence-electron chi connectivity index (χ3n) is 4.29. The molecule has 1 amide bonds. The molecule has 1 aromatic carbocycles. The van der Waals surface area contributed by atoms with Gasteiger partial charge >= 0.3 is 0 Å². The van der Waals surface area contributed by atoms with Crippen LogP contribution < -0.4 is 5.32 Å².